The lowest BCUT2D eigenvalue weighted by Crippen LogP contribution is -2.00. The van der Waals surface area contributed by atoms with Crippen LogP contribution in [0.1, 0.15) is 0 Å². The van der Waals surface area contributed by atoms with Crippen LogP contribution >= 0.6 is 15.9 Å². The van der Waals surface area contributed by atoms with Crippen LogP contribution in [0.25, 0.3) is 10.8 Å². The van der Waals surface area contributed by atoms with E-state index in [1.54, 1.807) is 0 Å². The maximum absolute atomic E-state index is 8.45. The number of aliphatic imine (C=N–C) groups is 1. The molecule has 0 saturated heterocycles. The Bertz CT molecular complexity index is 511. The molecule has 15 heavy (non-hydrogen) atoms. The summed E-state index contributed by atoms with van der Waals surface area (Å²) in [5.74, 6) is 0. The lowest BCUT2D eigenvalue weighted by molar-refractivity contribution is 0.240. The predicted molar refractivity (Wildman–Crippen MR) is 64.7 cm³/mol. The van der Waals surface area contributed by atoms with Gasteiger partial charge in [-0.3, -0.25) is 10.7 Å². The fraction of sp³-hybridized carbons (Fsp3) is 0. The second kappa shape index (κ2) is 4.42. The van der Waals surface area contributed by atoms with Crippen LogP contribution in [0, 0.1) is 0 Å². The molecule has 0 fully saturated rings. The molecule has 76 valence electrons. The van der Waals surface area contributed by atoms with Crippen LogP contribution in [-0.2, 0) is 0 Å². The van der Waals surface area contributed by atoms with Gasteiger partial charge < -0.3 is 0 Å². The quantitative estimate of drug-likeness (QED) is 0.497. The third kappa shape index (κ3) is 2.00. The number of fused-ring (bicyclic) bond motifs is 1. The Kier molecular flexibility index (Phi) is 2.99. The molecule has 0 unspecified atom stereocenters. The number of rotatable bonds is 2. The monoisotopic (exact) mass is 264 g/mol. The van der Waals surface area contributed by atoms with Crippen LogP contribution in [0.4, 0.5) is 5.69 Å². The van der Waals surface area contributed by atoms with Gasteiger partial charge in [0.1, 0.15) is 6.34 Å². The molecule has 0 aromatic heterocycles. The maximum Gasteiger partial charge on any atom is 0.113 e. The van der Waals surface area contributed by atoms with Gasteiger partial charge >= 0.3 is 0 Å². The summed E-state index contributed by atoms with van der Waals surface area (Å²) in [6.07, 6.45) is 1.25. The van der Waals surface area contributed by atoms with Crippen LogP contribution in [0.2, 0.25) is 0 Å². The van der Waals surface area contributed by atoms with Crippen molar-refractivity contribution in [2.45, 2.75) is 0 Å². The first kappa shape index (κ1) is 10.1. The number of hydrogen-bond donors (Lipinski definition) is 2. The van der Waals surface area contributed by atoms with Crippen molar-refractivity contribution in [1.29, 1.82) is 0 Å². The largest absolute Gasteiger partial charge is 0.290 e. The SMILES string of the molecule is ONC=Nc1ccc(Br)c2ccccc12. The molecular weight excluding hydrogens is 256 g/mol. The van der Waals surface area contributed by atoms with Crippen molar-refractivity contribution in [2.24, 2.45) is 4.99 Å². The molecule has 4 heteroatoms. The third-order valence-corrected chi connectivity index (χ3v) is 2.80. The van der Waals surface area contributed by atoms with Gasteiger partial charge in [0.15, 0.2) is 0 Å². The summed E-state index contributed by atoms with van der Waals surface area (Å²) in [4.78, 5) is 4.09. The van der Waals surface area contributed by atoms with Gasteiger partial charge in [-0.05, 0) is 17.5 Å². The van der Waals surface area contributed by atoms with E-state index in [2.05, 4.69) is 20.9 Å². The molecule has 0 radical (unpaired) electrons. The highest BCUT2D eigenvalue weighted by molar-refractivity contribution is 9.10. The van der Waals surface area contributed by atoms with Crippen LogP contribution in [0.5, 0.6) is 0 Å². The molecule has 2 rings (SSSR count). The first-order valence-electron chi connectivity index (χ1n) is 4.42. The van der Waals surface area contributed by atoms with E-state index in [4.69, 9.17) is 5.21 Å². The highest BCUT2D eigenvalue weighted by atomic mass is 79.9. The van der Waals surface area contributed by atoms with Crippen LogP contribution in [0.3, 0.4) is 0 Å². The van der Waals surface area contributed by atoms with Crippen molar-refractivity contribution in [3.8, 4) is 0 Å². The molecule has 0 aliphatic rings. The summed E-state index contributed by atoms with van der Waals surface area (Å²) in [6, 6.07) is 11.8. The Morgan fingerprint density at radius 1 is 1.13 bits per heavy atom. The Hall–Kier alpha value is -1.39. The van der Waals surface area contributed by atoms with E-state index in [0.717, 1.165) is 20.9 Å². The first-order chi connectivity index (χ1) is 7.33. The van der Waals surface area contributed by atoms with E-state index in [0.29, 0.717) is 0 Å². The molecule has 0 bridgehead atoms. The zero-order valence-electron chi connectivity index (χ0n) is 7.81. The van der Waals surface area contributed by atoms with Crippen LogP contribution < -0.4 is 5.48 Å². The maximum atomic E-state index is 8.45. The third-order valence-electron chi connectivity index (χ3n) is 2.11. The number of halogens is 1. The molecule has 0 aliphatic heterocycles. The average molecular weight is 265 g/mol. The van der Waals surface area contributed by atoms with Crippen molar-refractivity contribution in [2.75, 3.05) is 0 Å². The Balaban J connectivity index is 2.66. The van der Waals surface area contributed by atoms with Gasteiger partial charge in [-0.1, -0.05) is 40.2 Å². The zero-order valence-corrected chi connectivity index (χ0v) is 9.40. The van der Waals surface area contributed by atoms with E-state index in [1.807, 2.05) is 41.9 Å². The minimum Gasteiger partial charge on any atom is -0.290 e. The molecule has 2 aromatic carbocycles. The van der Waals surface area contributed by atoms with Gasteiger partial charge in [0.05, 0.1) is 5.69 Å². The number of nitrogens with zero attached hydrogens (tertiary/aromatic N) is 1. The predicted octanol–water partition coefficient (Wildman–Crippen LogP) is 3.24. The first-order valence-corrected chi connectivity index (χ1v) is 5.21. The van der Waals surface area contributed by atoms with Crippen molar-refractivity contribution in [3.05, 3.63) is 40.9 Å². The second-order valence-corrected chi connectivity index (χ2v) is 3.85. The lowest BCUT2D eigenvalue weighted by Gasteiger charge is -2.03. The van der Waals surface area contributed by atoms with E-state index in [9.17, 15) is 0 Å². The summed E-state index contributed by atoms with van der Waals surface area (Å²) in [6.45, 7) is 0. The van der Waals surface area contributed by atoms with E-state index < -0.39 is 0 Å². The normalized spacial score (nSPS) is 11.1. The average Bonchev–Trinajstić information content (AvgIpc) is 2.29. The van der Waals surface area contributed by atoms with Gasteiger partial charge in [0, 0.05) is 9.86 Å². The molecule has 3 nitrogen and oxygen atoms in total. The molecule has 0 spiro atoms. The molecule has 0 amide bonds. The van der Waals surface area contributed by atoms with Crippen molar-refractivity contribution < 1.29 is 5.21 Å². The summed E-state index contributed by atoms with van der Waals surface area (Å²) in [5.41, 5.74) is 2.71. The van der Waals surface area contributed by atoms with Gasteiger partial charge in [-0.15, -0.1) is 0 Å². The zero-order chi connectivity index (χ0) is 10.7. The Morgan fingerprint density at radius 3 is 2.60 bits per heavy atom. The lowest BCUT2D eigenvalue weighted by atomic mass is 10.1. The van der Waals surface area contributed by atoms with Gasteiger partial charge in [-0.2, -0.15) is 0 Å². The van der Waals surface area contributed by atoms with E-state index >= 15 is 0 Å². The van der Waals surface area contributed by atoms with E-state index in [-0.39, 0.29) is 0 Å². The number of hydrogen-bond acceptors (Lipinski definition) is 2. The molecular formula is C11H9BrN2O. The minimum absolute atomic E-state index is 0.815. The molecule has 2 N–H and O–H groups in total. The van der Waals surface area contributed by atoms with Gasteiger partial charge in [-0.25, -0.2) is 4.99 Å². The molecule has 2 aromatic rings. The summed E-state index contributed by atoms with van der Waals surface area (Å²) in [5, 5.41) is 10.6. The van der Waals surface area contributed by atoms with Gasteiger partial charge in [0.25, 0.3) is 0 Å². The fourth-order valence-corrected chi connectivity index (χ4v) is 1.94. The van der Waals surface area contributed by atoms with E-state index in [1.165, 1.54) is 6.34 Å². The topological polar surface area (TPSA) is 44.6 Å². The molecule has 0 atom stereocenters. The van der Waals surface area contributed by atoms with Gasteiger partial charge in [0.2, 0.25) is 0 Å². The highest BCUT2D eigenvalue weighted by Gasteiger charge is 2.01. The second-order valence-electron chi connectivity index (χ2n) is 3.00. The smallest absolute Gasteiger partial charge is 0.113 e. The van der Waals surface area contributed by atoms with Crippen molar-refractivity contribution >= 4 is 38.7 Å². The van der Waals surface area contributed by atoms with Crippen molar-refractivity contribution in [1.82, 2.24) is 5.48 Å². The Morgan fingerprint density at radius 2 is 1.87 bits per heavy atom. The summed E-state index contributed by atoms with van der Waals surface area (Å²) >= 11 is 3.48. The minimum atomic E-state index is 0.815. The van der Waals surface area contributed by atoms with Crippen molar-refractivity contribution in [3.63, 3.8) is 0 Å². The fourth-order valence-electron chi connectivity index (χ4n) is 1.46. The van der Waals surface area contributed by atoms with Crippen LogP contribution in [-0.4, -0.2) is 11.5 Å². The number of benzene rings is 2. The molecule has 0 heterocycles. The number of nitrogens with one attached hydrogen (secondary N) is 1. The standard InChI is InChI=1S/C11H9BrN2O/c12-10-5-6-11(13-7-14-15)9-4-2-1-3-8(9)10/h1-7,15H,(H,13,14). The summed E-state index contributed by atoms with van der Waals surface area (Å²) in [7, 11) is 0. The number of hydroxylamine groups is 1. The van der Waals surface area contributed by atoms with Crippen LogP contribution in [0.15, 0.2) is 45.9 Å². The molecule has 0 aliphatic carbocycles. The summed E-state index contributed by atoms with van der Waals surface area (Å²) < 4.78 is 1.04. The molecule has 0 saturated carbocycles. The Labute approximate surface area is 95.5 Å². The highest BCUT2D eigenvalue weighted by Crippen LogP contribution is 2.31.